The highest BCUT2D eigenvalue weighted by Gasteiger charge is 2.26. The van der Waals surface area contributed by atoms with Crippen LogP contribution in [0.25, 0.3) is 0 Å². The molecule has 1 aliphatic carbocycles. The number of carbonyl (C=O) groups excluding carboxylic acids is 1. The van der Waals surface area contributed by atoms with E-state index in [-0.39, 0.29) is 5.78 Å². The molecule has 5 heteroatoms. The van der Waals surface area contributed by atoms with Crippen LogP contribution in [-0.4, -0.2) is 54.9 Å². The van der Waals surface area contributed by atoms with E-state index in [9.17, 15) is 4.79 Å². The first-order valence-corrected chi connectivity index (χ1v) is 8.55. The van der Waals surface area contributed by atoms with Gasteiger partial charge in [-0.1, -0.05) is 0 Å². The quantitative estimate of drug-likeness (QED) is 0.768. The van der Waals surface area contributed by atoms with E-state index in [4.69, 9.17) is 0 Å². The molecule has 0 radical (unpaired) electrons. The summed E-state index contributed by atoms with van der Waals surface area (Å²) in [6, 6.07) is 3.87. The van der Waals surface area contributed by atoms with Gasteiger partial charge in [-0.15, -0.1) is 11.3 Å². The summed E-state index contributed by atoms with van der Waals surface area (Å²) in [6.07, 6.45) is 2.85. The smallest absolute Gasteiger partial charge is 0.186 e. The Morgan fingerprint density at radius 1 is 1.21 bits per heavy atom. The van der Waals surface area contributed by atoms with Gasteiger partial charge < -0.3 is 4.90 Å². The van der Waals surface area contributed by atoms with Crippen LogP contribution in [-0.2, 0) is 0 Å². The van der Waals surface area contributed by atoms with Crippen LogP contribution in [0.1, 0.15) is 22.5 Å². The second-order valence-corrected chi connectivity index (χ2v) is 8.01. The van der Waals surface area contributed by atoms with Gasteiger partial charge in [0.15, 0.2) is 5.78 Å². The molecule has 1 saturated heterocycles. The van der Waals surface area contributed by atoms with Gasteiger partial charge in [-0.25, -0.2) is 0 Å². The van der Waals surface area contributed by atoms with Crippen molar-refractivity contribution in [1.82, 2.24) is 9.80 Å². The molecule has 1 aliphatic heterocycles. The Balaban J connectivity index is 1.45. The predicted molar refractivity (Wildman–Crippen MR) is 82.0 cm³/mol. The molecule has 0 bridgehead atoms. The number of halogens is 1. The average molecular weight is 343 g/mol. The third kappa shape index (κ3) is 3.88. The maximum atomic E-state index is 12.1. The fourth-order valence-electron chi connectivity index (χ4n) is 2.54. The standard InChI is InChI=1S/C14H19BrN2OS/c15-14-4-3-13(19-14)12(18)10-17-7-5-16(6-8-17)9-11-1-2-11/h3-4,11H,1-2,5-10H2. The largest absolute Gasteiger partial charge is 0.301 e. The van der Waals surface area contributed by atoms with Crippen molar-refractivity contribution >= 4 is 33.0 Å². The molecular formula is C14H19BrN2OS. The summed E-state index contributed by atoms with van der Waals surface area (Å²) in [7, 11) is 0. The minimum Gasteiger partial charge on any atom is -0.301 e. The summed E-state index contributed by atoms with van der Waals surface area (Å²) in [5, 5.41) is 0. The Morgan fingerprint density at radius 2 is 1.89 bits per heavy atom. The highest BCUT2D eigenvalue weighted by Crippen LogP contribution is 2.30. The van der Waals surface area contributed by atoms with Gasteiger partial charge in [0, 0.05) is 32.7 Å². The Kier molecular flexibility index (Phi) is 4.37. The normalized spacial score (nSPS) is 21.7. The molecule has 1 saturated carbocycles. The van der Waals surface area contributed by atoms with Crippen molar-refractivity contribution in [1.29, 1.82) is 0 Å². The van der Waals surface area contributed by atoms with Gasteiger partial charge in [-0.05, 0) is 46.8 Å². The second-order valence-electron chi connectivity index (χ2n) is 5.55. The summed E-state index contributed by atoms with van der Waals surface area (Å²) in [4.78, 5) is 17.8. The first-order chi connectivity index (χ1) is 9.20. The number of rotatable bonds is 5. The second kappa shape index (κ2) is 6.04. The van der Waals surface area contributed by atoms with E-state index < -0.39 is 0 Å². The van der Waals surface area contributed by atoms with Crippen molar-refractivity contribution in [3.63, 3.8) is 0 Å². The van der Waals surface area contributed by atoms with E-state index >= 15 is 0 Å². The first-order valence-electron chi connectivity index (χ1n) is 6.94. The fourth-order valence-corrected chi connectivity index (χ4v) is 3.86. The topological polar surface area (TPSA) is 23.6 Å². The molecule has 0 aromatic carbocycles. The Hall–Kier alpha value is -0.230. The van der Waals surface area contributed by atoms with E-state index in [0.29, 0.717) is 6.54 Å². The molecule has 0 N–H and O–H groups in total. The highest BCUT2D eigenvalue weighted by atomic mass is 79.9. The summed E-state index contributed by atoms with van der Waals surface area (Å²) in [6.45, 7) is 6.16. The number of Topliss-reactive ketones (excluding diaryl/α,β-unsaturated/α-hetero) is 1. The van der Waals surface area contributed by atoms with Crippen molar-refractivity contribution in [2.75, 3.05) is 39.3 Å². The van der Waals surface area contributed by atoms with Gasteiger partial charge in [0.25, 0.3) is 0 Å². The summed E-state index contributed by atoms with van der Waals surface area (Å²) in [5.41, 5.74) is 0. The maximum Gasteiger partial charge on any atom is 0.186 e. The first kappa shape index (κ1) is 13.7. The third-order valence-corrected chi connectivity index (χ3v) is 5.56. The van der Waals surface area contributed by atoms with Gasteiger partial charge in [0.05, 0.1) is 15.2 Å². The molecule has 3 rings (SSSR count). The molecule has 3 nitrogen and oxygen atoms in total. The summed E-state index contributed by atoms with van der Waals surface area (Å²) in [5.74, 6) is 1.22. The maximum absolute atomic E-state index is 12.1. The zero-order chi connectivity index (χ0) is 13.2. The number of piperazine rings is 1. The van der Waals surface area contributed by atoms with Crippen LogP contribution in [0.5, 0.6) is 0 Å². The predicted octanol–water partition coefficient (Wildman–Crippen LogP) is 2.72. The van der Waals surface area contributed by atoms with Gasteiger partial charge in [0.2, 0.25) is 0 Å². The van der Waals surface area contributed by atoms with Crippen LogP contribution in [0.15, 0.2) is 15.9 Å². The molecule has 1 aromatic rings. The van der Waals surface area contributed by atoms with Crippen molar-refractivity contribution in [2.45, 2.75) is 12.8 Å². The SMILES string of the molecule is O=C(CN1CCN(CC2CC2)CC1)c1ccc(Br)s1. The van der Waals surface area contributed by atoms with Crippen molar-refractivity contribution in [3.8, 4) is 0 Å². The Bertz CT molecular complexity index is 450. The molecule has 1 aromatic heterocycles. The molecule has 104 valence electrons. The Labute approximate surface area is 126 Å². The van der Waals surface area contributed by atoms with Gasteiger partial charge in [-0.3, -0.25) is 9.69 Å². The van der Waals surface area contributed by atoms with Crippen LogP contribution >= 0.6 is 27.3 Å². The van der Waals surface area contributed by atoms with Crippen molar-refractivity contribution in [3.05, 3.63) is 20.8 Å². The van der Waals surface area contributed by atoms with E-state index in [0.717, 1.165) is 40.8 Å². The van der Waals surface area contributed by atoms with Gasteiger partial charge in [0.1, 0.15) is 0 Å². The number of carbonyl (C=O) groups is 1. The summed E-state index contributed by atoms with van der Waals surface area (Å²) >= 11 is 4.94. The molecule has 2 aliphatic rings. The molecular weight excluding hydrogens is 324 g/mol. The third-order valence-electron chi connectivity index (χ3n) is 3.89. The molecule has 0 atom stereocenters. The van der Waals surface area contributed by atoms with Crippen molar-refractivity contribution < 1.29 is 4.79 Å². The molecule has 2 fully saturated rings. The van der Waals surface area contributed by atoms with Crippen LogP contribution in [0, 0.1) is 5.92 Å². The van der Waals surface area contributed by atoms with Gasteiger partial charge in [-0.2, -0.15) is 0 Å². The van der Waals surface area contributed by atoms with Crippen LogP contribution < -0.4 is 0 Å². The molecule has 2 heterocycles. The number of nitrogens with zero attached hydrogens (tertiary/aromatic N) is 2. The lowest BCUT2D eigenvalue weighted by molar-refractivity contribution is 0.0851. The molecule has 19 heavy (non-hydrogen) atoms. The zero-order valence-electron chi connectivity index (χ0n) is 11.0. The summed E-state index contributed by atoms with van der Waals surface area (Å²) < 4.78 is 1.03. The van der Waals surface area contributed by atoms with Crippen LogP contribution in [0.4, 0.5) is 0 Å². The van der Waals surface area contributed by atoms with E-state index in [2.05, 4.69) is 25.7 Å². The minimum atomic E-state index is 0.256. The average Bonchev–Trinajstić information content (AvgIpc) is 3.11. The van der Waals surface area contributed by atoms with E-state index in [1.165, 1.54) is 30.7 Å². The lowest BCUT2D eigenvalue weighted by atomic mass is 10.2. The van der Waals surface area contributed by atoms with E-state index in [1.54, 1.807) is 0 Å². The van der Waals surface area contributed by atoms with Crippen LogP contribution in [0.2, 0.25) is 0 Å². The minimum absolute atomic E-state index is 0.256. The highest BCUT2D eigenvalue weighted by molar-refractivity contribution is 9.11. The monoisotopic (exact) mass is 342 g/mol. The van der Waals surface area contributed by atoms with E-state index in [1.807, 2.05) is 12.1 Å². The van der Waals surface area contributed by atoms with Crippen molar-refractivity contribution in [2.24, 2.45) is 5.92 Å². The zero-order valence-corrected chi connectivity index (χ0v) is 13.4. The molecule has 0 spiro atoms. The molecule has 0 amide bonds. The fraction of sp³-hybridized carbons (Fsp3) is 0.643. The number of ketones is 1. The number of hydrogen-bond donors (Lipinski definition) is 0. The van der Waals surface area contributed by atoms with Gasteiger partial charge >= 0.3 is 0 Å². The lowest BCUT2D eigenvalue weighted by Crippen LogP contribution is -2.48. The van der Waals surface area contributed by atoms with Crippen LogP contribution in [0.3, 0.4) is 0 Å². The number of hydrogen-bond acceptors (Lipinski definition) is 4. The lowest BCUT2D eigenvalue weighted by Gasteiger charge is -2.34. The molecule has 0 unspecified atom stereocenters. The Morgan fingerprint density at radius 3 is 2.47 bits per heavy atom. The number of thiophene rings is 1.